The molecule has 0 saturated carbocycles. The number of nitrogens with one attached hydrogen (secondary N) is 1. The van der Waals surface area contributed by atoms with E-state index in [9.17, 15) is 14.4 Å². The van der Waals surface area contributed by atoms with Crippen LogP contribution in [0.2, 0.25) is 0 Å². The second-order valence-corrected chi connectivity index (χ2v) is 7.92. The van der Waals surface area contributed by atoms with Crippen molar-refractivity contribution in [2.75, 3.05) is 23.3 Å². The molecule has 0 spiro atoms. The van der Waals surface area contributed by atoms with Gasteiger partial charge in [0.05, 0.1) is 5.39 Å². The Balaban J connectivity index is 1.65. The number of carbonyl (C=O) groups excluding carboxylic acids is 2. The number of amides is 1. The smallest absolute Gasteiger partial charge is 0.275 e. The minimum Gasteiger partial charge on any atom is -0.355 e. The maximum Gasteiger partial charge on any atom is 0.275 e. The molecule has 0 radical (unpaired) electrons. The summed E-state index contributed by atoms with van der Waals surface area (Å²) in [5.74, 6) is 0.307. The molecule has 0 bridgehead atoms. The topological polar surface area (TPSA) is 84.3 Å². The van der Waals surface area contributed by atoms with E-state index in [1.807, 2.05) is 18.2 Å². The lowest BCUT2D eigenvalue weighted by molar-refractivity contribution is -0.117. The molecule has 1 N–H and O–H groups in total. The van der Waals surface area contributed by atoms with Gasteiger partial charge in [0.1, 0.15) is 6.54 Å². The summed E-state index contributed by atoms with van der Waals surface area (Å²) in [6, 6.07) is 14.2. The molecular formula is C24H26N4O3. The van der Waals surface area contributed by atoms with Gasteiger partial charge in [0.25, 0.3) is 5.56 Å². The first-order chi connectivity index (χ1) is 15.0. The highest BCUT2D eigenvalue weighted by Crippen LogP contribution is 2.24. The average Bonchev–Trinajstić information content (AvgIpc) is 3.05. The van der Waals surface area contributed by atoms with Crippen LogP contribution in [-0.4, -0.2) is 34.6 Å². The highest BCUT2D eigenvalue weighted by molar-refractivity contribution is 5.97. The van der Waals surface area contributed by atoms with E-state index in [2.05, 4.69) is 15.3 Å². The zero-order chi connectivity index (χ0) is 21.8. The van der Waals surface area contributed by atoms with Crippen molar-refractivity contribution in [1.29, 1.82) is 0 Å². The van der Waals surface area contributed by atoms with Gasteiger partial charge < -0.3 is 10.2 Å². The fraction of sp³-hybridized carbons (Fsp3) is 0.333. The number of anilines is 2. The van der Waals surface area contributed by atoms with Crippen LogP contribution in [0.25, 0.3) is 10.8 Å². The van der Waals surface area contributed by atoms with Gasteiger partial charge in [-0.3, -0.25) is 14.4 Å². The summed E-state index contributed by atoms with van der Waals surface area (Å²) in [4.78, 5) is 39.5. The fourth-order valence-electron chi connectivity index (χ4n) is 3.99. The second kappa shape index (κ2) is 9.12. The second-order valence-electron chi connectivity index (χ2n) is 7.92. The lowest BCUT2D eigenvalue weighted by atomic mass is 10.1. The first-order valence-electron chi connectivity index (χ1n) is 10.7. The monoisotopic (exact) mass is 418 g/mol. The standard InChI is InChI=1S/C24H26N4O3/c1-17(29)18-9-8-10-19(15-18)25-22(30)16-28-24(31)21-12-5-4-11-20(21)23(26-28)27-13-6-2-3-7-14-27/h4-5,8-12,15H,2-3,6-7,13-14,16H2,1H3,(H,25,30). The summed E-state index contributed by atoms with van der Waals surface area (Å²) in [5.41, 5.74) is 0.739. The van der Waals surface area contributed by atoms with E-state index < -0.39 is 0 Å². The molecule has 7 heteroatoms. The molecule has 160 valence electrons. The number of aromatic nitrogens is 2. The molecule has 7 nitrogen and oxygen atoms in total. The maximum atomic E-state index is 13.0. The highest BCUT2D eigenvalue weighted by Gasteiger charge is 2.18. The van der Waals surface area contributed by atoms with Gasteiger partial charge in [-0.25, -0.2) is 4.68 Å². The number of rotatable bonds is 5. The zero-order valence-corrected chi connectivity index (χ0v) is 17.6. The molecule has 1 amide bonds. The number of hydrogen-bond donors (Lipinski definition) is 1. The molecule has 0 aliphatic carbocycles. The first-order valence-corrected chi connectivity index (χ1v) is 10.7. The molecule has 31 heavy (non-hydrogen) atoms. The van der Waals surface area contributed by atoms with Crippen molar-refractivity contribution in [3.63, 3.8) is 0 Å². The predicted molar refractivity (Wildman–Crippen MR) is 122 cm³/mol. The Morgan fingerprint density at radius 1 is 0.968 bits per heavy atom. The molecule has 1 aromatic heterocycles. The van der Waals surface area contributed by atoms with Gasteiger partial charge in [-0.1, -0.05) is 43.2 Å². The number of Topliss-reactive ketones (excluding diaryl/α,β-unsaturated/α-hetero) is 1. The molecule has 0 unspecified atom stereocenters. The summed E-state index contributed by atoms with van der Waals surface area (Å²) in [7, 11) is 0. The highest BCUT2D eigenvalue weighted by atomic mass is 16.2. The Labute approximate surface area is 180 Å². The Bertz CT molecular complexity index is 1180. The van der Waals surface area contributed by atoms with E-state index >= 15 is 0 Å². The van der Waals surface area contributed by atoms with Crippen molar-refractivity contribution >= 4 is 34.0 Å². The minimum absolute atomic E-state index is 0.0781. The molecule has 1 aliphatic rings. The Morgan fingerprint density at radius 3 is 2.39 bits per heavy atom. The molecule has 2 aromatic carbocycles. The van der Waals surface area contributed by atoms with Crippen LogP contribution in [0.3, 0.4) is 0 Å². The molecule has 1 fully saturated rings. The summed E-state index contributed by atoms with van der Waals surface area (Å²) in [6.07, 6.45) is 4.55. The predicted octanol–water partition coefficient (Wildman–Crippen LogP) is 3.62. The van der Waals surface area contributed by atoms with Gasteiger partial charge in [0, 0.05) is 29.7 Å². The summed E-state index contributed by atoms with van der Waals surface area (Å²) >= 11 is 0. The average molecular weight is 418 g/mol. The zero-order valence-electron chi connectivity index (χ0n) is 17.6. The van der Waals surface area contributed by atoms with Crippen LogP contribution < -0.4 is 15.8 Å². The lowest BCUT2D eigenvalue weighted by Crippen LogP contribution is -2.33. The van der Waals surface area contributed by atoms with E-state index in [0.717, 1.165) is 37.1 Å². The fourth-order valence-corrected chi connectivity index (χ4v) is 3.99. The molecule has 2 heterocycles. The van der Waals surface area contributed by atoms with Crippen molar-refractivity contribution in [3.8, 4) is 0 Å². The van der Waals surface area contributed by atoms with Gasteiger partial charge in [0.2, 0.25) is 5.91 Å². The molecule has 4 rings (SSSR count). The summed E-state index contributed by atoms with van der Waals surface area (Å²) < 4.78 is 1.24. The van der Waals surface area contributed by atoms with Crippen LogP contribution in [0.15, 0.2) is 53.3 Å². The third-order valence-corrected chi connectivity index (χ3v) is 5.60. The van der Waals surface area contributed by atoms with E-state index in [0.29, 0.717) is 16.6 Å². The number of benzene rings is 2. The van der Waals surface area contributed by atoms with Gasteiger partial charge in [-0.2, -0.15) is 5.10 Å². The Hall–Kier alpha value is -3.48. The van der Waals surface area contributed by atoms with Gasteiger partial charge in [0.15, 0.2) is 11.6 Å². The number of hydrogen-bond acceptors (Lipinski definition) is 5. The largest absolute Gasteiger partial charge is 0.355 e. The normalized spacial score (nSPS) is 14.3. The molecule has 1 aliphatic heterocycles. The van der Waals surface area contributed by atoms with Crippen molar-refractivity contribution in [1.82, 2.24) is 9.78 Å². The van der Waals surface area contributed by atoms with Crippen LogP contribution in [0, 0.1) is 0 Å². The number of ketones is 1. The van der Waals surface area contributed by atoms with Crippen LogP contribution in [0.5, 0.6) is 0 Å². The maximum absolute atomic E-state index is 13.0. The quantitative estimate of drug-likeness (QED) is 0.640. The van der Waals surface area contributed by atoms with E-state index in [4.69, 9.17) is 0 Å². The van der Waals surface area contributed by atoms with Crippen LogP contribution in [-0.2, 0) is 11.3 Å². The molecule has 3 aromatic rings. The van der Waals surface area contributed by atoms with E-state index in [1.54, 1.807) is 30.3 Å². The van der Waals surface area contributed by atoms with Crippen molar-refractivity contribution in [3.05, 3.63) is 64.4 Å². The number of fused-ring (bicyclic) bond motifs is 1. The Morgan fingerprint density at radius 2 is 1.68 bits per heavy atom. The van der Waals surface area contributed by atoms with E-state index in [1.165, 1.54) is 24.4 Å². The van der Waals surface area contributed by atoms with E-state index in [-0.39, 0.29) is 23.8 Å². The third-order valence-electron chi connectivity index (χ3n) is 5.60. The van der Waals surface area contributed by atoms with Crippen molar-refractivity contribution < 1.29 is 9.59 Å². The van der Waals surface area contributed by atoms with Gasteiger partial charge in [-0.05, 0) is 38.0 Å². The number of nitrogens with zero attached hydrogens (tertiary/aromatic N) is 3. The van der Waals surface area contributed by atoms with Gasteiger partial charge in [-0.15, -0.1) is 0 Å². The first kappa shape index (κ1) is 20.8. The van der Waals surface area contributed by atoms with Crippen molar-refractivity contribution in [2.24, 2.45) is 0 Å². The third kappa shape index (κ3) is 4.66. The SMILES string of the molecule is CC(=O)c1cccc(NC(=O)Cn2nc(N3CCCCCC3)c3ccccc3c2=O)c1. The molecule has 1 saturated heterocycles. The lowest BCUT2D eigenvalue weighted by Gasteiger charge is -2.23. The van der Waals surface area contributed by atoms with Gasteiger partial charge >= 0.3 is 0 Å². The van der Waals surface area contributed by atoms with Crippen LogP contribution in [0.1, 0.15) is 43.0 Å². The molecular weight excluding hydrogens is 392 g/mol. The van der Waals surface area contributed by atoms with Crippen LogP contribution in [0.4, 0.5) is 11.5 Å². The Kier molecular flexibility index (Phi) is 6.11. The molecule has 0 atom stereocenters. The number of carbonyl (C=O) groups is 2. The van der Waals surface area contributed by atoms with Crippen molar-refractivity contribution in [2.45, 2.75) is 39.2 Å². The summed E-state index contributed by atoms with van der Waals surface area (Å²) in [6.45, 7) is 3.05. The van der Waals surface area contributed by atoms with Crippen LogP contribution >= 0.6 is 0 Å². The summed E-state index contributed by atoms with van der Waals surface area (Å²) in [5, 5.41) is 8.75. The minimum atomic E-state index is -0.368.